The van der Waals surface area contributed by atoms with Crippen molar-refractivity contribution in [2.24, 2.45) is 24.8 Å². The topological polar surface area (TPSA) is 96.3 Å². The summed E-state index contributed by atoms with van der Waals surface area (Å²) < 4.78 is 1.73. The summed E-state index contributed by atoms with van der Waals surface area (Å²) in [6.45, 7) is 1.18. The molecule has 8 nitrogen and oxygen atoms in total. The van der Waals surface area contributed by atoms with Gasteiger partial charge in [0.1, 0.15) is 0 Å². The molecule has 3 amide bonds. The van der Waals surface area contributed by atoms with Crippen LogP contribution in [0.25, 0.3) is 10.9 Å². The molecule has 2 N–H and O–H groups in total. The van der Waals surface area contributed by atoms with Gasteiger partial charge in [-0.2, -0.15) is 5.10 Å². The molecule has 0 radical (unpaired) electrons. The van der Waals surface area contributed by atoms with E-state index in [0.717, 1.165) is 47.9 Å². The number of carbonyl (C=O) groups excluding carboxylic acids is 3. The van der Waals surface area contributed by atoms with E-state index in [4.69, 9.17) is 0 Å². The van der Waals surface area contributed by atoms with E-state index in [0.29, 0.717) is 36.2 Å². The van der Waals surface area contributed by atoms with Crippen molar-refractivity contribution in [3.05, 3.63) is 23.9 Å². The van der Waals surface area contributed by atoms with Crippen LogP contribution >= 0.6 is 0 Å². The van der Waals surface area contributed by atoms with Crippen molar-refractivity contribution in [3.8, 4) is 0 Å². The van der Waals surface area contributed by atoms with Gasteiger partial charge in [-0.1, -0.05) is 25.0 Å². The second kappa shape index (κ2) is 10.7. The summed E-state index contributed by atoms with van der Waals surface area (Å²) in [5.74, 6) is 1.97. The lowest BCUT2D eigenvalue weighted by atomic mass is 9.52. The number of imide groups is 1. The molecule has 1 atom stereocenters. The molecule has 0 spiro atoms. The van der Waals surface area contributed by atoms with Crippen LogP contribution in [0.4, 0.5) is 5.69 Å². The molecule has 2 aromatic rings. The Balaban J connectivity index is 0.973. The highest BCUT2D eigenvalue weighted by Crippen LogP contribution is 2.57. The van der Waals surface area contributed by atoms with E-state index in [1.54, 1.807) is 4.68 Å². The largest absolute Gasteiger partial charge is 0.324 e. The van der Waals surface area contributed by atoms with Crippen LogP contribution in [-0.2, 0) is 21.4 Å². The predicted octanol–water partition coefficient (Wildman–Crippen LogP) is 4.88. The zero-order chi connectivity index (χ0) is 27.1. The molecule has 7 rings (SSSR count). The lowest BCUT2D eigenvalue weighted by Gasteiger charge is -2.60. The second-order valence-electron chi connectivity index (χ2n) is 13.0. The van der Waals surface area contributed by atoms with Gasteiger partial charge in [0.25, 0.3) is 0 Å². The maximum absolute atomic E-state index is 12.8. The monoisotopic (exact) mass is 533 g/mol. The van der Waals surface area contributed by atoms with Crippen LogP contribution in [-0.4, -0.2) is 51.5 Å². The molecule has 39 heavy (non-hydrogen) atoms. The van der Waals surface area contributed by atoms with E-state index in [2.05, 4.69) is 27.7 Å². The molecule has 8 heteroatoms. The Bertz CT molecular complexity index is 1230. The lowest BCUT2D eigenvalue weighted by Crippen LogP contribution is -2.58. The van der Waals surface area contributed by atoms with Gasteiger partial charge < -0.3 is 10.2 Å². The Morgan fingerprint density at radius 3 is 2.46 bits per heavy atom. The molecule has 5 aliphatic rings. The van der Waals surface area contributed by atoms with E-state index in [9.17, 15) is 14.4 Å². The zero-order valence-electron chi connectivity index (χ0n) is 23.5. The highest BCUT2D eigenvalue weighted by Gasteiger charge is 2.52. The SMILES string of the molecule is CN(CCCCCCC(=O)Nc1cccc2c(C3CCC(=O)NC3=O)nn(C)c12)C12CC3CC(CC(C3)C1)C2. The zero-order valence-corrected chi connectivity index (χ0v) is 23.5. The first-order chi connectivity index (χ1) is 18.8. The maximum atomic E-state index is 12.8. The molecule has 1 aliphatic heterocycles. The second-order valence-corrected chi connectivity index (χ2v) is 13.0. The number of piperidine rings is 1. The van der Waals surface area contributed by atoms with Gasteiger partial charge >= 0.3 is 0 Å². The van der Waals surface area contributed by atoms with Gasteiger partial charge in [-0.15, -0.1) is 0 Å². The van der Waals surface area contributed by atoms with Crippen LogP contribution in [0, 0.1) is 17.8 Å². The average Bonchev–Trinajstić information content (AvgIpc) is 3.22. The number of nitrogens with one attached hydrogen (secondary N) is 2. The van der Waals surface area contributed by atoms with Crippen molar-refractivity contribution < 1.29 is 14.4 Å². The number of benzene rings is 1. The number of rotatable bonds is 10. The van der Waals surface area contributed by atoms with E-state index in [1.165, 1.54) is 51.5 Å². The number of unbranched alkanes of at least 4 members (excludes halogenated alkanes) is 3. The molecule has 2 heterocycles. The summed E-state index contributed by atoms with van der Waals surface area (Å²) in [6, 6.07) is 5.70. The molecule has 1 unspecified atom stereocenters. The number of para-hydroxylation sites is 1. The lowest BCUT2D eigenvalue weighted by molar-refractivity contribution is -0.134. The fraction of sp³-hybridized carbons (Fsp3) is 0.677. The smallest absolute Gasteiger partial charge is 0.235 e. The van der Waals surface area contributed by atoms with Crippen molar-refractivity contribution in [1.82, 2.24) is 20.0 Å². The number of amides is 3. The summed E-state index contributed by atoms with van der Waals surface area (Å²) >= 11 is 0. The Morgan fingerprint density at radius 2 is 1.77 bits per heavy atom. The molecule has 210 valence electrons. The van der Waals surface area contributed by atoms with Crippen LogP contribution in [0.15, 0.2) is 18.2 Å². The third-order valence-electron chi connectivity index (χ3n) is 10.2. The van der Waals surface area contributed by atoms with Crippen LogP contribution in [0.3, 0.4) is 0 Å². The van der Waals surface area contributed by atoms with Crippen LogP contribution < -0.4 is 10.6 Å². The Morgan fingerprint density at radius 1 is 1.08 bits per heavy atom. The van der Waals surface area contributed by atoms with Gasteiger partial charge in [-0.05, 0) is 95.2 Å². The van der Waals surface area contributed by atoms with Gasteiger partial charge in [0.15, 0.2) is 0 Å². The Hall–Kier alpha value is -2.74. The number of aryl methyl sites for hydroxylation is 1. The van der Waals surface area contributed by atoms with Gasteiger partial charge in [-0.3, -0.25) is 24.4 Å². The van der Waals surface area contributed by atoms with Gasteiger partial charge in [0, 0.05) is 30.8 Å². The average molecular weight is 534 g/mol. The Labute approximate surface area is 231 Å². The van der Waals surface area contributed by atoms with Crippen LogP contribution in [0.2, 0.25) is 0 Å². The number of hydrogen-bond donors (Lipinski definition) is 2. The molecule has 1 aromatic heterocycles. The van der Waals surface area contributed by atoms with E-state index >= 15 is 0 Å². The number of aromatic nitrogens is 2. The summed E-state index contributed by atoms with van der Waals surface area (Å²) in [4.78, 5) is 39.5. The standard InChI is InChI=1S/C31H43N5O3/c1-35(31-17-20-14-21(18-31)16-22(15-20)19-31)13-6-4-3-5-10-26(37)32-25-9-7-8-23-28(34-36(2)29(23)25)24-11-12-27(38)33-30(24)39/h7-9,20-22,24H,3-6,10-19H2,1-2H3,(H,32,37)(H,33,38,39). The van der Waals surface area contributed by atoms with Crippen molar-refractivity contribution in [2.45, 2.75) is 94.9 Å². The molecule has 4 bridgehead atoms. The number of nitrogens with zero attached hydrogens (tertiary/aromatic N) is 3. The minimum Gasteiger partial charge on any atom is -0.324 e. The quantitative estimate of drug-likeness (QED) is 0.335. The van der Waals surface area contributed by atoms with Gasteiger partial charge in [0.2, 0.25) is 17.7 Å². The van der Waals surface area contributed by atoms with Crippen LogP contribution in [0.5, 0.6) is 0 Å². The molecule has 1 aromatic carbocycles. The van der Waals surface area contributed by atoms with E-state index in [1.807, 2.05) is 25.2 Å². The van der Waals surface area contributed by atoms with Crippen molar-refractivity contribution >= 4 is 34.3 Å². The normalized spacial score (nSPS) is 29.8. The highest BCUT2D eigenvalue weighted by atomic mass is 16.2. The molecular weight excluding hydrogens is 490 g/mol. The first-order valence-electron chi connectivity index (χ1n) is 15.1. The van der Waals surface area contributed by atoms with E-state index < -0.39 is 5.92 Å². The predicted molar refractivity (Wildman–Crippen MR) is 151 cm³/mol. The van der Waals surface area contributed by atoms with Crippen LogP contribution in [0.1, 0.15) is 95.1 Å². The summed E-state index contributed by atoms with van der Waals surface area (Å²) in [7, 11) is 4.19. The summed E-state index contributed by atoms with van der Waals surface area (Å²) in [6.07, 6.45) is 14.3. The highest BCUT2D eigenvalue weighted by molar-refractivity contribution is 6.05. The fourth-order valence-electron chi connectivity index (χ4n) is 8.65. The minimum atomic E-state index is -0.459. The number of fused-ring (bicyclic) bond motifs is 1. The van der Waals surface area contributed by atoms with Gasteiger partial charge in [0.05, 0.1) is 22.8 Å². The van der Waals surface area contributed by atoms with Crippen molar-refractivity contribution in [2.75, 3.05) is 18.9 Å². The third kappa shape index (κ3) is 5.24. The van der Waals surface area contributed by atoms with E-state index in [-0.39, 0.29) is 17.7 Å². The molecule has 4 aliphatic carbocycles. The maximum Gasteiger partial charge on any atom is 0.235 e. The van der Waals surface area contributed by atoms with Crippen molar-refractivity contribution in [1.29, 1.82) is 0 Å². The molecular formula is C31H43N5O3. The molecule has 4 saturated carbocycles. The summed E-state index contributed by atoms with van der Waals surface area (Å²) in [5, 5.41) is 11.0. The number of carbonyl (C=O) groups is 3. The first-order valence-corrected chi connectivity index (χ1v) is 15.1. The number of anilines is 1. The van der Waals surface area contributed by atoms with Gasteiger partial charge in [-0.25, -0.2) is 0 Å². The first kappa shape index (κ1) is 26.5. The number of hydrogen-bond acceptors (Lipinski definition) is 5. The minimum absolute atomic E-state index is 0.0111. The Kier molecular flexibility index (Phi) is 7.25. The summed E-state index contributed by atoms with van der Waals surface area (Å²) in [5.41, 5.74) is 2.66. The fourth-order valence-corrected chi connectivity index (χ4v) is 8.65. The molecule has 1 saturated heterocycles. The van der Waals surface area contributed by atoms with Crippen molar-refractivity contribution in [3.63, 3.8) is 0 Å². The molecule has 5 fully saturated rings. The third-order valence-corrected chi connectivity index (χ3v) is 10.2.